The first-order valence-corrected chi connectivity index (χ1v) is 15.8. The highest BCUT2D eigenvalue weighted by molar-refractivity contribution is 5.57. The summed E-state index contributed by atoms with van der Waals surface area (Å²) in [6, 6.07) is 12.4. The van der Waals surface area contributed by atoms with E-state index in [1.807, 2.05) is 12.1 Å². The normalized spacial score (nSPS) is 13.5. The molecule has 0 saturated carbocycles. The van der Waals surface area contributed by atoms with Gasteiger partial charge in [0.1, 0.15) is 17.2 Å². The van der Waals surface area contributed by atoms with Gasteiger partial charge >= 0.3 is 0 Å². The van der Waals surface area contributed by atoms with Crippen molar-refractivity contribution in [1.82, 2.24) is 0 Å². The Morgan fingerprint density at radius 3 is 1.35 bits per heavy atom. The van der Waals surface area contributed by atoms with Gasteiger partial charge in [0.25, 0.3) is 0 Å². The highest BCUT2D eigenvalue weighted by Gasteiger charge is 2.32. The molecule has 0 saturated heterocycles. The van der Waals surface area contributed by atoms with Gasteiger partial charge in [-0.2, -0.15) is 0 Å². The lowest BCUT2D eigenvalue weighted by atomic mass is 9.71. The minimum absolute atomic E-state index is 0.172. The molecule has 3 nitrogen and oxygen atoms in total. The second-order valence-electron chi connectivity index (χ2n) is 17.7. The Kier molecular flexibility index (Phi) is 9.00. The second kappa shape index (κ2) is 11.2. The van der Waals surface area contributed by atoms with E-state index in [0.717, 1.165) is 50.1 Å². The summed E-state index contributed by atoms with van der Waals surface area (Å²) >= 11 is 0. The number of rotatable bonds is 4. The molecule has 0 unspecified atom stereocenters. The number of aromatic hydroxyl groups is 3. The SMILES string of the molecule is CC(C)(C)c1cc(Cc2ccc(C(C)(C)C)c(O)c2C(C)(C)C)cc(Cc2ccc(O)c(C(C)(C)C)c2C(C)(C)C)c1O. The van der Waals surface area contributed by atoms with Crippen LogP contribution in [0.15, 0.2) is 36.4 Å². The molecule has 0 fully saturated rings. The smallest absolute Gasteiger partial charge is 0.123 e. The molecule has 0 aliphatic carbocycles. The average Bonchev–Trinajstić information content (AvgIpc) is 2.78. The van der Waals surface area contributed by atoms with Crippen LogP contribution in [0.3, 0.4) is 0 Å². The van der Waals surface area contributed by atoms with Crippen LogP contribution in [0.4, 0.5) is 0 Å². The number of benzene rings is 3. The molecule has 236 valence electrons. The number of phenolic OH excluding ortho intramolecular Hbond substituents is 3. The zero-order chi connectivity index (χ0) is 33.1. The van der Waals surface area contributed by atoms with Crippen LogP contribution in [0.25, 0.3) is 0 Å². The van der Waals surface area contributed by atoms with Crippen LogP contribution in [-0.2, 0) is 39.9 Å². The zero-order valence-electron chi connectivity index (χ0n) is 29.7. The standard InChI is InChI=1S/C40H58O3/c1-36(2,3)28-18-16-25(32(35(28)43)39(10,11)12)20-24-21-27(34(42)29(22-24)37(4,5)6)23-26-17-19-30(41)33(40(13,14)15)31(26)38(7,8)9/h16-19,21-22,41-43H,20,23H2,1-15H3. The maximum atomic E-state index is 11.7. The van der Waals surface area contributed by atoms with Crippen molar-refractivity contribution in [3.8, 4) is 17.2 Å². The largest absolute Gasteiger partial charge is 0.508 e. The van der Waals surface area contributed by atoms with Gasteiger partial charge in [-0.15, -0.1) is 0 Å². The van der Waals surface area contributed by atoms with Crippen molar-refractivity contribution in [3.05, 3.63) is 86.5 Å². The van der Waals surface area contributed by atoms with Crippen molar-refractivity contribution >= 4 is 0 Å². The van der Waals surface area contributed by atoms with Gasteiger partial charge in [-0.1, -0.05) is 134 Å². The molecule has 0 atom stereocenters. The lowest BCUT2D eigenvalue weighted by Crippen LogP contribution is -2.24. The predicted molar refractivity (Wildman–Crippen MR) is 183 cm³/mol. The average molecular weight is 587 g/mol. The molecule has 3 heteroatoms. The summed E-state index contributed by atoms with van der Waals surface area (Å²) in [5.74, 6) is 1.05. The summed E-state index contributed by atoms with van der Waals surface area (Å²) in [6.45, 7) is 32.3. The van der Waals surface area contributed by atoms with E-state index in [4.69, 9.17) is 0 Å². The van der Waals surface area contributed by atoms with Crippen LogP contribution in [0.2, 0.25) is 0 Å². The number of hydrogen-bond donors (Lipinski definition) is 3. The molecule has 0 aromatic heterocycles. The summed E-state index contributed by atoms with van der Waals surface area (Å²) in [7, 11) is 0. The van der Waals surface area contributed by atoms with Gasteiger partial charge in [-0.3, -0.25) is 0 Å². The van der Waals surface area contributed by atoms with Gasteiger partial charge in [-0.25, -0.2) is 0 Å². The molecule has 3 aromatic carbocycles. The minimum atomic E-state index is -0.266. The molecule has 3 rings (SSSR count). The van der Waals surface area contributed by atoms with Crippen LogP contribution >= 0.6 is 0 Å². The molecule has 0 aliphatic rings. The van der Waals surface area contributed by atoms with E-state index in [1.54, 1.807) is 0 Å². The second-order valence-corrected chi connectivity index (χ2v) is 17.7. The van der Waals surface area contributed by atoms with Gasteiger partial charge in [0.15, 0.2) is 0 Å². The van der Waals surface area contributed by atoms with E-state index in [1.165, 1.54) is 0 Å². The maximum Gasteiger partial charge on any atom is 0.123 e. The van der Waals surface area contributed by atoms with Gasteiger partial charge in [0.2, 0.25) is 0 Å². The Hall–Kier alpha value is -2.94. The molecule has 0 heterocycles. The van der Waals surface area contributed by atoms with Crippen molar-refractivity contribution in [2.24, 2.45) is 0 Å². The molecule has 0 spiro atoms. The van der Waals surface area contributed by atoms with Gasteiger partial charge < -0.3 is 15.3 Å². The number of hydrogen-bond acceptors (Lipinski definition) is 3. The third-order valence-electron chi connectivity index (χ3n) is 8.42. The molecule has 43 heavy (non-hydrogen) atoms. The molecule has 0 amide bonds. The monoisotopic (exact) mass is 586 g/mol. The van der Waals surface area contributed by atoms with Crippen LogP contribution in [-0.4, -0.2) is 15.3 Å². The van der Waals surface area contributed by atoms with Crippen molar-refractivity contribution in [1.29, 1.82) is 0 Å². The molecule has 0 radical (unpaired) electrons. The number of phenols is 3. The van der Waals surface area contributed by atoms with Crippen LogP contribution in [0, 0.1) is 0 Å². The summed E-state index contributed by atoms with van der Waals surface area (Å²) in [5, 5.41) is 34.3. The first-order chi connectivity index (χ1) is 19.2. The molecule has 0 bridgehead atoms. The third-order valence-corrected chi connectivity index (χ3v) is 8.42. The van der Waals surface area contributed by atoms with Crippen LogP contribution in [0.1, 0.15) is 154 Å². The summed E-state index contributed by atoms with van der Waals surface area (Å²) in [5.41, 5.74) is 8.04. The van der Waals surface area contributed by atoms with E-state index in [2.05, 4.69) is 128 Å². The predicted octanol–water partition coefficient (Wildman–Crippen LogP) is 10.5. The van der Waals surface area contributed by atoms with Crippen LogP contribution < -0.4 is 0 Å². The molecule has 3 aromatic rings. The third kappa shape index (κ3) is 7.41. The van der Waals surface area contributed by atoms with E-state index in [-0.39, 0.29) is 27.1 Å². The van der Waals surface area contributed by atoms with Gasteiger partial charge in [-0.05, 0) is 78.5 Å². The molecule has 3 N–H and O–H groups in total. The minimum Gasteiger partial charge on any atom is -0.508 e. The Bertz CT molecular complexity index is 1490. The van der Waals surface area contributed by atoms with Gasteiger partial charge in [0.05, 0.1) is 0 Å². The van der Waals surface area contributed by atoms with E-state index in [9.17, 15) is 15.3 Å². The van der Waals surface area contributed by atoms with E-state index >= 15 is 0 Å². The van der Waals surface area contributed by atoms with E-state index in [0.29, 0.717) is 30.1 Å². The summed E-state index contributed by atoms with van der Waals surface area (Å²) < 4.78 is 0. The molecule has 0 aliphatic heterocycles. The molecular weight excluding hydrogens is 528 g/mol. The van der Waals surface area contributed by atoms with Crippen molar-refractivity contribution in [3.63, 3.8) is 0 Å². The Morgan fingerprint density at radius 2 is 0.884 bits per heavy atom. The summed E-state index contributed by atoms with van der Waals surface area (Å²) in [6.07, 6.45) is 1.20. The lowest BCUT2D eigenvalue weighted by Gasteiger charge is -2.33. The molecular formula is C40H58O3. The van der Waals surface area contributed by atoms with Crippen molar-refractivity contribution < 1.29 is 15.3 Å². The Balaban J connectivity index is 2.29. The highest BCUT2D eigenvalue weighted by atomic mass is 16.3. The first-order valence-electron chi connectivity index (χ1n) is 15.8. The Labute approximate surface area is 262 Å². The fraction of sp³-hybridized carbons (Fsp3) is 0.550. The van der Waals surface area contributed by atoms with E-state index < -0.39 is 0 Å². The topological polar surface area (TPSA) is 60.7 Å². The fourth-order valence-electron chi connectivity index (χ4n) is 6.61. The highest BCUT2D eigenvalue weighted by Crippen LogP contribution is 2.45. The van der Waals surface area contributed by atoms with Crippen molar-refractivity contribution in [2.45, 2.75) is 144 Å². The van der Waals surface area contributed by atoms with Crippen LogP contribution in [0.5, 0.6) is 17.2 Å². The summed E-state index contributed by atoms with van der Waals surface area (Å²) in [4.78, 5) is 0. The lowest BCUT2D eigenvalue weighted by molar-refractivity contribution is 0.421. The zero-order valence-corrected chi connectivity index (χ0v) is 29.7. The van der Waals surface area contributed by atoms with Gasteiger partial charge in [0, 0.05) is 17.5 Å². The first kappa shape index (κ1) is 34.5. The van der Waals surface area contributed by atoms with Crippen molar-refractivity contribution in [2.75, 3.05) is 0 Å². The quantitative estimate of drug-likeness (QED) is 0.285. The maximum absolute atomic E-state index is 11.7. The fourth-order valence-corrected chi connectivity index (χ4v) is 6.61. The Morgan fingerprint density at radius 1 is 0.419 bits per heavy atom.